The van der Waals surface area contributed by atoms with Gasteiger partial charge in [0.25, 0.3) is 0 Å². The molecule has 0 amide bonds. The molecule has 22 heavy (non-hydrogen) atoms. The molecule has 3 nitrogen and oxygen atoms in total. The molecule has 1 saturated heterocycles. The smallest absolute Gasteiger partial charge is 0.119 e. The third-order valence-corrected chi connectivity index (χ3v) is 7.89. The van der Waals surface area contributed by atoms with Crippen LogP contribution in [0.3, 0.4) is 0 Å². The first-order valence-electron chi connectivity index (χ1n) is 8.08. The molecule has 2 heterocycles. The summed E-state index contributed by atoms with van der Waals surface area (Å²) in [6, 6.07) is 8.39. The number of rotatable bonds is 2. The Balaban J connectivity index is 2.25. The normalized spacial score (nSPS) is 19.0. The van der Waals surface area contributed by atoms with Gasteiger partial charge in [-0.15, -0.1) is 0 Å². The van der Waals surface area contributed by atoms with Crippen molar-refractivity contribution in [2.45, 2.75) is 26.7 Å². The molecule has 1 aliphatic rings. The summed E-state index contributed by atoms with van der Waals surface area (Å²) in [7, 11) is -0.225. The van der Waals surface area contributed by atoms with Gasteiger partial charge in [0.15, 0.2) is 0 Å². The minimum atomic E-state index is -2.34. The lowest BCUT2D eigenvalue weighted by atomic mass is 10.0. The number of pyridine rings is 1. The number of hydrogen-bond donors (Lipinski definition) is 0. The van der Waals surface area contributed by atoms with Gasteiger partial charge in [-0.05, 0) is 37.6 Å². The number of fused-ring (bicyclic) bond motifs is 1. The Bertz CT molecular complexity index is 742. The summed E-state index contributed by atoms with van der Waals surface area (Å²) in [5, 5.41) is 2.21. The molecule has 0 radical (unpaired) electrons. The first-order valence-corrected chi connectivity index (χ1v) is 10.2. The van der Waals surface area contributed by atoms with Crippen molar-refractivity contribution in [2.75, 3.05) is 32.5 Å². The van der Waals surface area contributed by atoms with Crippen LogP contribution in [0.5, 0.6) is 0 Å². The Morgan fingerprint density at radius 3 is 2.45 bits per heavy atom. The number of aryl methyl sites for hydroxylation is 1. The van der Waals surface area contributed by atoms with Crippen molar-refractivity contribution in [2.24, 2.45) is 0 Å². The van der Waals surface area contributed by atoms with Gasteiger partial charge in [-0.25, -0.2) is 0 Å². The average molecular weight is 316 g/mol. The Morgan fingerprint density at radius 2 is 1.82 bits per heavy atom. The van der Waals surface area contributed by atoms with E-state index in [1.54, 1.807) is 0 Å². The molecule has 0 atom stereocenters. The van der Waals surface area contributed by atoms with Crippen molar-refractivity contribution < 1.29 is 4.57 Å². The summed E-state index contributed by atoms with van der Waals surface area (Å²) < 4.78 is 13.8. The van der Waals surface area contributed by atoms with Gasteiger partial charge in [0, 0.05) is 41.8 Å². The zero-order valence-electron chi connectivity index (χ0n) is 14.0. The van der Waals surface area contributed by atoms with Crippen molar-refractivity contribution >= 4 is 23.3 Å². The highest BCUT2D eigenvalue weighted by Gasteiger charge is 2.33. The maximum atomic E-state index is 13.8. The van der Waals surface area contributed by atoms with Crippen LogP contribution in [0.1, 0.15) is 31.0 Å². The highest BCUT2D eigenvalue weighted by molar-refractivity contribution is 7.72. The second-order valence-corrected chi connectivity index (χ2v) is 9.94. The predicted molar refractivity (Wildman–Crippen MR) is 95.0 cm³/mol. The quantitative estimate of drug-likeness (QED) is 0.794. The van der Waals surface area contributed by atoms with E-state index < -0.39 is 7.14 Å². The summed E-state index contributed by atoms with van der Waals surface area (Å²) in [4.78, 5) is 6.92. The summed E-state index contributed by atoms with van der Waals surface area (Å²) >= 11 is 0. The van der Waals surface area contributed by atoms with E-state index in [2.05, 4.69) is 49.0 Å². The summed E-state index contributed by atoms with van der Waals surface area (Å²) in [6.45, 7) is 8.23. The molecule has 3 rings (SSSR count). The standard InChI is InChI=1S/C18H25N2OP/c1-13(2)15-7-8-17-16(6-5-14(3)19-17)18(15)22(21)11-9-20(4)10-12-22/h5-8,13H,9-12H2,1-4H3. The minimum Gasteiger partial charge on any atom is -0.318 e. The second kappa shape index (κ2) is 5.79. The molecule has 1 aromatic heterocycles. The molecule has 1 fully saturated rings. The molecule has 0 spiro atoms. The minimum absolute atomic E-state index is 0.381. The van der Waals surface area contributed by atoms with E-state index in [0.717, 1.165) is 47.3 Å². The first kappa shape index (κ1) is 15.7. The molecule has 0 unspecified atom stereocenters. The van der Waals surface area contributed by atoms with Crippen LogP contribution in [0.4, 0.5) is 0 Å². The fourth-order valence-electron chi connectivity index (χ4n) is 3.34. The van der Waals surface area contributed by atoms with Crippen molar-refractivity contribution in [1.82, 2.24) is 9.88 Å². The van der Waals surface area contributed by atoms with E-state index in [0.29, 0.717) is 5.92 Å². The molecule has 2 aromatic rings. The van der Waals surface area contributed by atoms with Crippen LogP contribution in [0.2, 0.25) is 0 Å². The third kappa shape index (κ3) is 2.73. The number of benzene rings is 1. The number of hydrogen-bond acceptors (Lipinski definition) is 3. The molecule has 0 bridgehead atoms. The maximum absolute atomic E-state index is 13.8. The van der Waals surface area contributed by atoms with Crippen molar-refractivity contribution in [3.8, 4) is 0 Å². The van der Waals surface area contributed by atoms with E-state index in [1.165, 1.54) is 5.56 Å². The summed E-state index contributed by atoms with van der Waals surface area (Å²) in [6.07, 6.45) is 1.58. The number of aromatic nitrogens is 1. The Morgan fingerprint density at radius 1 is 1.14 bits per heavy atom. The van der Waals surface area contributed by atoms with Crippen molar-refractivity contribution in [3.05, 3.63) is 35.5 Å². The molecule has 0 aliphatic carbocycles. The van der Waals surface area contributed by atoms with E-state index >= 15 is 0 Å². The highest BCUT2D eigenvalue weighted by atomic mass is 31.2. The zero-order chi connectivity index (χ0) is 15.9. The van der Waals surface area contributed by atoms with Crippen LogP contribution < -0.4 is 5.30 Å². The molecule has 118 valence electrons. The average Bonchev–Trinajstić information content (AvgIpc) is 2.49. The lowest BCUT2D eigenvalue weighted by Crippen LogP contribution is -2.35. The van der Waals surface area contributed by atoms with E-state index in [-0.39, 0.29) is 0 Å². The third-order valence-electron chi connectivity index (χ3n) is 4.73. The number of nitrogens with zero attached hydrogens (tertiary/aromatic N) is 2. The highest BCUT2D eigenvalue weighted by Crippen LogP contribution is 2.49. The van der Waals surface area contributed by atoms with Gasteiger partial charge in [-0.1, -0.05) is 26.0 Å². The van der Waals surface area contributed by atoms with Crippen LogP contribution in [0.25, 0.3) is 10.9 Å². The van der Waals surface area contributed by atoms with E-state index in [1.807, 2.05) is 13.0 Å². The van der Waals surface area contributed by atoms with Gasteiger partial charge in [-0.3, -0.25) is 4.98 Å². The predicted octanol–water partition coefficient (Wildman–Crippen LogP) is 3.60. The Kier molecular flexibility index (Phi) is 4.13. The zero-order valence-corrected chi connectivity index (χ0v) is 14.9. The Labute approximate surface area is 133 Å². The first-order chi connectivity index (χ1) is 10.4. The SMILES string of the molecule is Cc1ccc2c(P3(=O)CCN(C)CC3)c(C(C)C)ccc2n1. The van der Waals surface area contributed by atoms with Gasteiger partial charge in [-0.2, -0.15) is 0 Å². The lowest BCUT2D eigenvalue weighted by molar-refractivity contribution is 0.361. The summed E-state index contributed by atoms with van der Waals surface area (Å²) in [5.74, 6) is 0.381. The van der Waals surface area contributed by atoms with Crippen LogP contribution in [0.15, 0.2) is 24.3 Å². The maximum Gasteiger partial charge on any atom is 0.119 e. The lowest BCUT2D eigenvalue weighted by Gasteiger charge is -2.32. The largest absolute Gasteiger partial charge is 0.318 e. The fourth-order valence-corrected chi connectivity index (χ4v) is 6.77. The second-order valence-electron chi connectivity index (χ2n) is 6.82. The molecule has 1 aliphatic heterocycles. The van der Waals surface area contributed by atoms with E-state index in [9.17, 15) is 4.57 Å². The van der Waals surface area contributed by atoms with Crippen LogP contribution in [-0.4, -0.2) is 42.3 Å². The van der Waals surface area contributed by atoms with Crippen molar-refractivity contribution in [1.29, 1.82) is 0 Å². The van der Waals surface area contributed by atoms with Crippen LogP contribution >= 0.6 is 7.14 Å². The van der Waals surface area contributed by atoms with E-state index in [4.69, 9.17) is 0 Å². The molecule has 0 saturated carbocycles. The fraction of sp³-hybridized carbons (Fsp3) is 0.500. The van der Waals surface area contributed by atoms with Crippen LogP contribution in [-0.2, 0) is 4.57 Å². The van der Waals surface area contributed by atoms with Crippen LogP contribution in [0, 0.1) is 6.92 Å². The van der Waals surface area contributed by atoms with Gasteiger partial charge >= 0.3 is 0 Å². The molecular weight excluding hydrogens is 291 g/mol. The van der Waals surface area contributed by atoms with Gasteiger partial charge in [0.2, 0.25) is 0 Å². The molecule has 4 heteroatoms. The van der Waals surface area contributed by atoms with Gasteiger partial charge in [0.05, 0.1) is 5.52 Å². The van der Waals surface area contributed by atoms with Crippen molar-refractivity contribution in [3.63, 3.8) is 0 Å². The molecule has 0 N–H and O–H groups in total. The molecular formula is C18H25N2OP. The molecule has 1 aromatic carbocycles. The Hall–Kier alpha value is -1.18. The van der Waals surface area contributed by atoms with Gasteiger partial charge in [0.1, 0.15) is 7.14 Å². The monoisotopic (exact) mass is 316 g/mol. The topological polar surface area (TPSA) is 33.2 Å². The van der Waals surface area contributed by atoms with Gasteiger partial charge < -0.3 is 9.46 Å². The summed E-state index contributed by atoms with van der Waals surface area (Å²) in [5.41, 5.74) is 3.23.